The van der Waals surface area contributed by atoms with Gasteiger partial charge in [-0.1, -0.05) is 15.9 Å². The Balaban J connectivity index is 0.00000147. The third-order valence-electron chi connectivity index (χ3n) is 4.55. The molecule has 1 aromatic rings. The standard InChI is InChI=1S/C15H19BrN2O.ClH/c1-10-8-11(16)2-3-13(10)18-14(19)12-9-15(12)4-6-17-7-5-15;/h2-3,8,12,17H,4-7,9H2,1H3,(H,18,19);1H. The highest BCUT2D eigenvalue weighted by Crippen LogP contribution is 2.58. The number of aryl methyl sites for hydroxylation is 1. The van der Waals surface area contributed by atoms with E-state index in [1.807, 2.05) is 25.1 Å². The summed E-state index contributed by atoms with van der Waals surface area (Å²) in [5.74, 6) is 0.421. The average molecular weight is 360 g/mol. The average Bonchev–Trinajstić information content (AvgIpc) is 3.07. The van der Waals surface area contributed by atoms with Gasteiger partial charge in [0.15, 0.2) is 0 Å². The minimum Gasteiger partial charge on any atom is -0.326 e. The summed E-state index contributed by atoms with van der Waals surface area (Å²) in [6.07, 6.45) is 3.35. The Morgan fingerprint density at radius 3 is 2.75 bits per heavy atom. The molecular weight excluding hydrogens is 340 g/mol. The van der Waals surface area contributed by atoms with Crippen molar-refractivity contribution < 1.29 is 4.79 Å². The Bertz CT molecular complexity index is 515. The largest absolute Gasteiger partial charge is 0.326 e. The minimum absolute atomic E-state index is 0. The molecule has 110 valence electrons. The fourth-order valence-electron chi connectivity index (χ4n) is 3.18. The van der Waals surface area contributed by atoms with Gasteiger partial charge in [0.1, 0.15) is 0 Å². The molecule has 2 N–H and O–H groups in total. The van der Waals surface area contributed by atoms with Crippen LogP contribution in [0.4, 0.5) is 5.69 Å². The molecule has 5 heteroatoms. The number of amides is 1. The van der Waals surface area contributed by atoms with E-state index >= 15 is 0 Å². The molecule has 1 spiro atoms. The van der Waals surface area contributed by atoms with Gasteiger partial charge in [0.05, 0.1) is 0 Å². The van der Waals surface area contributed by atoms with E-state index in [1.54, 1.807) is 0 Å². The zero-order chi connectivity index (χ0) is 13.5. The SMILES string of the molecule is Cc1cc(Br)ccc1NC(=O)C1CC12CCNCC2.Cl. The van der Waals surface area contributed by atoms with Crippen molar-refractivity contribution in [1.29, 1.82) is 0 Å². The first kappa shape index (κ1) is 15.8. The zero-order valence-corrected chi connectivity index (χ0v) is 13.9. The molecule has 1 atom stereocenters. The second-order valence-electron chi connectivity index (χ2n) is 5.82. The molecule has 1 saturated carbocycles. The molecule has 1 aliphatic carbocycles. The van der Waals surface area contributed by atoms with Crippen molar-refractivity contribution >= 4 is 39.9 Å². The molecule has 0 bridgehead atoms. The first-order valence-electron chi connectivity index (χ1n) is 6.88. The van der Waals surface area contributed by atoms with Gasteiger partial charge in [-0.2, -0.15) is 0 Å². The molecule has 2 aliphatic rings. The highest BCUT2D eigenvalue weighted by Gasteiger charge is 2.57. The third kappa shape index (κ3) is 3.02. The number of anilines is 1. The molecule has 1 amide bonds. The van der Waals surface area contributed by atoms with Gasteiger partial charge in [0, 0.05) is 16.1 Å². The second-order valence-corrected chi connectivity index (χ2v) is 6.73. The van der Waals surface area contributed by atoms with E-state index in [0.717, 1.165) is 48.1 Å². The first-order valence-corrected chi connectivity index (χ1v) is 7.68. The maximum Gasteiger partial charge on any atom is 0.228 e. The summed E-state index contributed by atoms with van der Waals surface area (Å²) in [7, 11) is 0. The van der Waals surface area contributed by atoms with E-state index in [9.17, 15) is 4.79 Å². The number of benzene rings is 1. The van der Waals surface area contributed by atoms with Gasteiger partial charge in [-0.05, 0) is 68.5 Å². The smallest absolute Gasteiger partial charge is 0.228 e. The number of hydrogen-bond donors (Lipinski definition) is 2. The van der Waals surface area contributed by atoms with Crippen molar-refractivity contribution in [2.24, 2.45) is 11.3 Å². The van der Waals surface area contributed by atoms with Crippen LogP contribution >= 0.6 is 28.3 Å². The highest BCUT2D eigenvalue weighted by atomic mass is 79.9. The van der Waals surface area contributed by atoms with Crippen LogP contribution in [0.2, 0.25) is 0 Å². The molecule has 1 saturated heterocycles. The maximum atomic E-state index is 12.3. The van der Waals surface area contributed by atoms with Crippen LogP contribution in [0.25, 0.3) is 0 Å². The zero-order valence-electron chi connectivity index (χ0n) is 11.5. The third-order valence-corrected chi connectivity index (χ3v) is 5.05. The summed E-state index contributed by atoms with van der Waals surface area (Å²) in [4.78, 5) is 12.3. The Labute approximate surface area is 134 Å². The molecule has 20 heavy (non-hydrogen) atoms. The Morgan fingerprint density at radius 2 is 2.10 bits per heavy atom. The van der Waals surface area contributed by atoms with Crippen LogP contribution in [0.15, 0.2) is 22.7 Å². The normalized spacial score (nSPS) is 23.0. The van der Waals surface area contributed by atoms with Crippen LogP contribution in [0.1, 0.15) is 24.8 Å². The number of nitrogens with one attached hydrogen (secondary N) is 2. The number of rotatable bonds is 2. The lowest BCUT2D eigenvalue weighted by atomic mass is 9.91. The van der Waals surface area contributed by atoms with Gasteiger partial charge in [0.2, 0.25) is 5.91 Å². The van der Waals surface area contributed by atoms with E-state index in [0.29, 0.717) is 5.41 Å². The van der Waals surface area contributed by atoms with Crippen LogP contribution in [0, 0.1) is 18.3 Å². The van der Waals surface area contributed by atoms with E-state index in [2.05, 4.69) is 26.6 Å². The molecule has 1 aliphatic heterocycles. The summed E-state index contributed by atoms with van der Waals surface area (Å²) >= 11 is 3.44. The second kappa shape index (κ2) is 6.04. The molecule has 1 heterocycles. The number of hydrogen-bond acceptors (Lipinski definition) is 2. The quantitative estimate of drug-likeness (QED) is 0.848. The van der Waals surface area contributed by atoms with Crippen LogP contribution in [-0.2, 0) is 4.79 Å². The lowest BCUT2D eigenvalue weighted by molar-refractivity contribution is -0.118. The molecule has 0 aromatic heterocycles. The summed E-state index contributed by atoms with van der Waals surface area (Å²) < 4.78 is 1.05. The van der Waals surface area contributed by atoms with E-state index in [4.69, 9.17) is 0 Å². The molecule has 2 fully saturated rings. The van der Waals surface area contributed by atoms with Gasteiger partial charge in [0.25, 0.3) is 0 Å². The summed E-state index contributed by atoms with van der Waals surface area (Å²) in [5.41, 5.74) is 2.34. The van der Waals surface area contributed by atoms with Crippen molar-refractivity contribution in [2.45, 2.75) is 26.2 Å². The fraction of sp³-hybridized carbons (Fsp3) is 0.533. The summed E-state index contributed by atoms with van der Waals surface area (Å²) in [6.45, 7) is 4.13. The number of piperidine rings is 1. The van der Waals surface area contributed by atoms with Gasteiger partial charge in [-0.15, -0.1) is 12.4 Å². The van der Waals surface area contributed by atoms with E-state index in [-0.39, 0.29) is 24.2 Å². The lowest BCUT2D eigenvalue weighted by Gasteiger charge is -2.23. The van der Waals surface area contributed by atoms with Crippen molar-refractivity contribution in [3.05, 3.63) is 28.2 Å². The monoisotopic (exact) mass is 358 g/mol. The highest BCUT2D eigenvalue weighted by molar-refractivity contribution is 9.10. The summed E-state index contributed by atoms with van der Waals surface area (Å²) in [6, 6.07) is 5.97. The molecular formula is C15H20BrClN2O. The van der Waals surface area contributed by atoms with Crippen LogP contribution in [0.3, 0.4) is 0 Å². The number of carbonyl (C=O) groups is 1. The van der Waals surface area contributed by atoms with Crippen molar-refractivity contribution in [3.63, 3.8) is 0 Å². The number of carbonyl (C=O) groups excluding carboxylic acids is 1. The topological polar surface area (TPSA) is 41.1 Å². The molecule has 3 nitrogen and oxygen atoms in total. The maximum absolute atomic E-state index is 12.3. The van der Waals surface area contributed by atoms with Gasteiger partial charge < -0.3 is 10.6 Å². The van der Waals surface area contributed by atoms with Crippen molar-refractivity contribution in [1.82, 2.24) is 5.32 Å². The molecule has 1 unspecified atom stereocenters. The Hall–Kier alpha value is -0.580. The number of halogens is 2. The predicted molar refractivity (Wildman–Crippen MR) is 87.4 cm³/mol. The Morgan fingerprint density at radius 1 is 1.40 bits per heavy atom. The van der Waals surface area contributed by atoms with Gasteiger partial charge >= 0.3 is 0 Å². The van der Waals surface area contributed by atoms with Crippen molar-refractivity contribution in [3.8, 4) is 0 Å². The van der Waals surface area contributed by atoms with Gasteiger partial charge in [-0.25, -0.2) is 0 Å². The molecule has 3 rings (SSSR count). The van der Waals surface area contributed by atoms with E-state index < -0.39 is 0 Å². The van der Waals surface area contributed by atoms with Crippen LogP contribution in [-0.4, -0.2) is 19.0 Å². The summed E-state index contributed by atoms with van der Waals surface area (Å²) in [5, 5.41) is 6.46. The molecule has 1 aromatic carbocycles. The van der Waals surface area contributed by atoms with Gasteiger partial charge in [-0.3, -0.25) is 4.79 Å². The van der Waals surface area contributed by atoms with E-state index in [1.165, 1.54) is 0 Å². The Kier molecular flexibility index (Phi) is 4.77. The predicted octanol–water partition coefficient (Wildman–Crippen LogP) is 3.51. The lowest BCUT2D eigenvalue weighted by Crippen LogP contribution is -2.31. The minimum atomic E-state index is 0. The fourth-order valence-corrected chi connectivity index (χ4v) is 3.66. The van der Waals surface area contributed by atoms with Crippen LogP contribution in [0.5, 0.6) is 0 Å². The van der Waals surface area contributed by atoms with Crippen LogP contribution < -0.4 is 10.6 Å². The first-order chi connectivity index (χ1) is 9.11. The van der Waals surface area contributed by atoms with Crippen molar-refractivity contribution in [2.75, 3.05) is 18.4 Å². The molecule has 0 radical (unpaired) electrons.